The molecule has 0 radical (unpaired) electrons. The maximum absolute atomic E-state index is 13.5. The molecular weight excluding hydrogens is 434 g/mol. The van der Waals surface area contributed by atoms with Crippen molar-refractivity contribution in [3.05, 3.63) is 88.3 Å². The minimum atomic E-state index is -1.26. The lowest BCUT2D eigenvalue weighted by molar-refractivity contribution is -0.137. The van der Waals surface area contributed by atoms with Crippen LogP contribution in [0.5, 0.6) is 5.75 Å². The maximum atomic E-state index is 13.5. The van der Waals surface area contributed by atoms with Crippen LogP contribution in [0.2, 0.25) is 0 Å². The van der Waals surface area contributed by atoms with Crippen molar-refractivity contribution < 1.29 is 19.4 Å². The van der Waals surface area contributed by atoms with Gasteiger partial charge in [0.25, 0.3) is 5.91 Å². The molecule has 9 nitrogen and oxygen atoms in total. The third-order valence-corrected chi connectivity index (χ3v) is 5.51. The van der Waals surface area contributed by atoms with Gasteiger partial charge < -0.3 is 19.5 Å². The van der Waals surface area contributed by atoms with E-state index < -0.39 is 11.6 Å². The number of azide groups is 1. The third kappa shape index (κ3) is 5.22. The molecule has 1 aliphatic rings. The molecule has 0 spiro atoms. The van der Waals surface area contributed by atoms with E-state index in [0.717, 1.165) is 11.1 Å². The van der Waals surface area contributed by atoms with Crippen molar-refractivity contribution in [1.82, 2.24) is 4.90 Å². The van der Waals surface area contributed by atoms with Gasteiger partial charge in [-0.15, -0.1) is 6.58 Å². The lowest BCUT2D eigenvalue weighted by Crippen LogP contribution is -2.47. The van der Waals surface area contributed by atoms with E-state index in [1.807, 2.05) is 36.4 Å². The Morgan fingerprint density at radius 3 is 2.71 bits per heavy atom. The molecule has 2 aromatic rings. The summed E-state index contributed by atoms with van der Waals surface area (Å²) in [5.74, 6) is 0.784. The van der Waals surface area contributed by atoms with Crippen LogP contribution < -0.4 is 4.74 Å². The molecule has 178 valence electrons. The minimum absolute atomic E-state index is 0.0660. The molecule has 0 fully saturated rings. The van der Waals surface area contributed by atoms with E-state index in [9.17, 15) is 4.79 Å². The Hall–Kier alpha value is -3.81. The predicted octanol–water partition coefficient (Wildman–Crippen LogP) is 4.18. The SMILES string of the molecule is C=CC[C@@]1(C(=O)N(C)C)N=C(c2ccc(OCCCO)cc2)O[C@@H]1c1ccccc1CN=[N+]=[N-]. The normalized spacial score (nSPS) is 18.9. The first kappa shape index (κ1) is 24.8. The molecule has 34 heavy (non-hydrogen) atoms. The fourth-order valence-corrected chi connectivity index (χ4v) is 3.93. The van der Waals surface area contributed by atoms with E-state index in [1.54, 1.807) is 32.3 Å². The second kappa shape index (κ2) is 11.4. The zero-order valence-electron chi connectivity index (χ0n) is 19.4. The summed E-state index contributed by atoms with van der Waals surface area (Å²) in [6.45, 7) is 4.47. The molecule has 0 aliphatic carbocycles. The van der Waals surface area contributed by atoms with Crippen LogP contribution in [0.4, 0.5) is 0 Å². The van der Waals surface area contributed by atoms with Crippen LogP contribution in [-0.2, 0) is 16.1 Å². The fourth-order valence-electron chi connectivity index (χ4n) is 3.93. The molecule has 1 amide bonds. The number of nitrogens with zero attached hydrogens (tertiary/aromatic N) is 5. The molecule has 9 heteroatoms. The number of aliphatic hydroxyl groups excluding tert-OH is 1. The van der Waals surface area contributed by atoms with E-state index in [1.165, 1.54) is 4.90 Å². The summed E-state index contributed by atoms with van der Waals surface area (Å²) in [7, 11) is 3.37. The van der Waals surface area contributed by atoms with Crippen LogP contribution >= 0.6 is 0 Å². The van der Waals surface area contributed by atoms with Gasteiger partial charge in [0.05, 0.1) is 13.2 Å². The van der Waals surface area contributed by atoms with Crippen LogP contribution in [0.3, 0.4) is 0 Å². The van der Waals surface area contributed by atoms with E-state index in [-0.39, 0.29) is 25.5 Å². The van der Waals surface area contributed by atoms with Gasteiger partial charge in [-0.3, -0.25) is 4.79 Å². The molecule has 0 saturated carbocycles. The van der Waals surface area contributed by atoms with Crippen LogP contribution in [0, 0.1) is 0 Å². The Morgan fingerprint density at radius 1 is 1.32 bits per heavy atom. The lowest BCUT2D eigenvalue weighted by Gasteiger charge is -2.32. The summed E-state index contributed by atoms with van der Waals surface area (Å²) in [4.78, 5) is 22.7. The molecule has 2 aromatic carbocycles. The van der Waals surface area contributed by atoms with Gasteiger partial charge in [-0.1, -0.05) is 35.5 Å². The maximum Gasteiger partial charge on any atom is 0.254 e. The molecule has 1 heterocycles. The third-order valence-electron chi connectivity index (χ3n) is 5.51. The molecule has 2 atom stereocenters. The summed E-state index contributed by atoms with van der Waals surface area (Å²) in [5.41, 5.74) is 9.75. The molecule has 0 bridgehead atoms. The van der Waals surface area contributed by atoms with E-state index in [4.69, 9.17) is 25.1 Å². The number of aliphatic imine (C=N–C) groups is 1. The average Bonchev–Trinajstić information content (AvgIpc) is 3.23. The predicted molar refractivity (Wildman–Crippen MR) is 130 cm³/mol. The highest BCUT2D eigenvalue weighted by atomic mass is 16.5. The van der Waals surface area contributed by atoms with Crippen molar-refractivity contribution in [2.75, 3.05) is 27.3 Å². The second-order valence-corrected chi connectivity index (χ2v) is 8.07. The Bertz CT molecular complexity index is 1090. The van der Waals surface area contributed by atoms with Gasteiger partial charge in [0.1, 0.15) is 5.75 Å². The summed E-state index contributed by atoms with van der Waals surface area (Å²) >= 11 is 0. The van der Waals surface area contributed by atoms with Gasteiger partial charge >= 0.3 is 0 Å². The van der Waals surface area contributed by atoms with Crippen molar-refractivity contribution >= 4 is 11.8 Å². The van der Waals surface area contributed by atoms with Crippen molar-refractivity contribution in [3.63, 3.8) is 0 Å². The number of aliphatic hydroxyl groups is 1. The van der Waals surface area contributed by atoms with Crippen molar-refractivity contribution in [2.24, 2.45) is 10.1 Å². The average molecular weight is 464 g/mol. The van der Waals surface area contributed by atoms with E-state index in [0.29, 0.717) is 30.2 Å². The number of hydrogen-bond acceptors (Lipinski definition) is 6. The Morgan fingerprint density at radius 2 is 2.06 bits per heavy atom. The first-order valence-electron chi connectivity index (χ1n) is 11.0. The first-order chi connectivity index (χ1) is 16.5. The van der Waals surface area contributed by atoms with Crippen LogP contribution in [-0.4, -0.2) is 54.7 Å². The molecule has 0 unspecified atom stereocenters. The lowest BCUT2D eigenvalue weighted by atomic mass is 9.82. The quantitative estimate of drug-likeness (QED) is 0.177. The van der Waals surface area contributed by atoms with Gasteiger partial charge in [0.15, 0.2) is 11.6 Å². The van der Waals surface area contributed by atoms with Gasteiger partial charge in [-0.2, -0.15) is 0 Å². The van der Waals surface area contributed by atoms with Crippen molar-refractivity contribution in [1.29, 1.82) is 0 Å². The van der Waals surface area contributed by atoms with Gasteiger partial charge in [-0.25, -0.2) is 4.99 Å². The molecule has 1 aliphatic heterocycles. The van der Waals surface area contributed by atoms with Gasteiger partial charge in [0.2, 0.25) is 5.90 Å². The Balaban J connectivity index is 2.05. The number of ether oxygens (including phenoxy) is 2. The summed E-state index contributed by atoms with van der Waals surface area (Å²) < 4.78 is 12.0. The first-order valence-corrected chi connectivity index (χ1v) is 11.0. The number of likely N-dealkylation sites (N-methyl/N-ethyl adjacent to an activating group) is 1. The molecule has 1 N–H and O–H groups in total. The topological polar surface area (TPSA) is 120 Å². The van der Waals surface area contributed by atoms with Crippen LogP contribution in [0.1, 0.15) is 35.6 Å². The highest BCUT2D eigenvalue weighted by Gasteiger charge is 2.53. The fraction of sp³-hybridized carbons (Fsp3) is 0.360. The number of carbonyl (C=O) groups is 1. The van der Waals surface area contributed by atoms with Crippen molar-refractivity contribution in [2.45, 2.75) is 31.0 Å². The molecule has 0 saturated heterocycles. The number of benzene rings is 2. The summed E-state index contributed by atoms with van der Waals surface area (Å²) in [6, 6.07) is 14.6. The smallest absolute Gasteiger partial charge is 0.254 e. The largest absolute Gasteiger partial charge is 0.494 e. The highest BCUT2D eigenvalue weighted by Crippen LogP contribution is 2.44. The standard InChI is InChI=1S/C25H29N5O4/c1-4-14-25(24(32)30(2)3)22(21-9-6-5-8-19(21)17-27-29-26)34-23(28-25)18-10-12-20(13-11-18)33-16-7-15-31/h4-6,8-13,22,31H,1,7,14-17H2,2-3H3/t22-,25-/m1/s1. The van der Waals surface area contributed by atoms with E-state index in [2.05, 4.69) is 16.6 Å². The van der Waals surface area contributed by atoms with Gasteiger partial charge in [0, 0.05) is 44.0 Å². The number of rotatable bonds is 11. The number of amides is 1. The molecule has 0 aromatic heterocycles. The Kier molecular flexibility index (Phi) is 8.29. The number of carbonyl (C=O) groups excluding carboxylic acids is 1. The Labute approximate surface area is 199 Å². The van der Waals surface area contributed by atoms with Gasteiger partial charge in [-0.05, 0) is 40.9 Å². The molecular formula is C25H29N5O4. The van der Waals surface area contributed by atoms with E-state index >= 15 is 0 Å². The highest BCUT2D eigenvalue weighted by molar-refractivity contribution is 6.01. The summed E-state index contributed by atoms with van der Waals surface area (Å²) in [6.07, 6.45) is 1.74. The van der Waals surface area contributed by atoms with Crippen LogP contribution in [0.15, 0.2) is 71.3 Å². The van der Waals surface area contributed by atoms with Crippen molar-refractivity contribution in [3.8, 4) is 5.75 Å². The molecule has 3 rings (SSSR count). The zero-order valence-corrected chi connectivity index (χ0v) is 19.4. The minimum Gasteiger partial charge on any atom is -0.494 e. The zero-order chi connectivity index (χ0) is 24.6. The number of hydrogen-bond donors (Lipinski definition) is 1. The second-order valence-electron chi connectivity index (χ2n) is 8.07. The summed E-state index contributed by atoms with van der Waals surface area (Å²) in [5, 5.41) is 12.6. The monoisotopic (exact) mass is 463 g/mol. The van der Waals surface area contributed by atoms with Crippen LogP contribution in [0.25, 0.3) is 10.4 Å².